The van der Waals surface area contributed by atoms with E-state index in [1.165, 1.54) is 0 Å². The minimum absolute atomic E-state index is 0.283. The number of hydrogen-bond donors (Lipinski definition) is 1. The van der Waals surface area contributed by atoms with Crippen molar-refractivity contribution >= 4 is 0 Å². The Labute approximate surface area is 121 Å². The van der Waals surface area contributed by atoms with Crippen LogP contribution in [0.2, 0.25) is 0 Å². The summed E-state index contributed by atoms with van der Waals surface area (Å²) in [4.78, 5) is 0. The van der Waals surface area contributed by atoms with Crippen LogP contribution in [0.25, 0.3) is 0 Å². The zero-order valence-corrected chi connectivity index (χ0v) is 12.4. The molecular formula is C16H25NO3. The fourth-order valence-electron chi connectivity index (χ4n) is 2.62. The first-order valence-electron chi connectivity index (χ1n) is 7.36. The van der Waals surface area contributed by atoms with Crippen molar-refractivity contribution in [1.29, 1.82) is 0 Å². The van der Waals surface area contributed by atoms with E-state index in [1.807, 2.05) is 24.3 Å². The highest BCUT2D eigenvalue weighted by Crippen LogP contribution is 2.21. The average molecular weight is 279 g/mol. The molecule has 1 aromatic rings. The van der Waals surface area contributed by atoms with E-state index in [0.717, 1.165) is 24.2 Å². The van der Waals surface area contributed by atoms with Gasteiger partial charge in [-0.25, -0.2) is 0 Å². The second-order valence-electron chi connectivity index (χ2n) is 5.42. The monoisotopic (exact) mass is 279 g/mol. The molecule has 1 aromatic carbocycles. The molecule has 4 heteroatoms. The quantitative estimate of drug-likeness (QED) is 0.813. The summed E-state index contributed by atoms with van der Waals surface area (Å²) >= 11 is 0. The molecular weight excluding hydrogens is 254 g/mol. The van der Waals surface area contributed by atoms with Crippen molar-refractivity contribution in [2.75, 3.05) is 13.2 Å². The topological polar surface area (TPSA) is 53.7 Å². The molecule has 0 bridgehead atoms. The molecule has 1 aliphatic rings. The van der Waals surface area contributed by atoms with Gasteiger partial charge in [0.25, 0.3) is 0 Å². The maximum atomic E-state index is 5.87. The first kappa shape index (κ1) is 15.3. The Morgan fingerprint density at radius 2 is 1.95 bits per heavy atom. The van der Waals surface area contributed by atoms with Gasteiger partial charge in [0.2, 0.25) is 0 Å². The van der Waals surface area contributed by atoms with Crippen LogP contribution in [-0.4, -0.2) is 31.5 Å². The fourth-order valence-corrected chi connectivity index (χ4v) is 2.62. The predicted molar refractivity (Wildman–Crippen MR) is 78.8 cm³/mol. The van der Waals surface area contributed by atoms with Gasteiger partial charge in [-0.2, -0.15) is 0 Å². The minimum atomic E-state index is 0.283. The minimum Gasteiger partial charge on any atom is -0.491 e. The van der Waals surface area contributed by atoms with Gasteiger partial charge in [0.1, 0.15) is 12.4 Å². The van der Waals surface area contributed by atoms with E-state index in [4.69, 9.17) is 19.9 Å². The fraction of sp³-hybridized carbons (Fsp3) is 0.625. The summed E-state index contributed by atoms with van der Waals surface area (Å²) in [6.45, 7) is 5.90. The molecule has 1 heterocycles. The van der Waals surface area contributed by atoms with E-state index in [9.17, 15) is 0 Å². The summed E-state index contributed by atoms with van der Waals surface area (Å²) < 4.78 is 17.2. The molecule has 0 saturated carbocycles. The highest BCUT2D eigenvalue weighted by molar-refractivity contribution is 5.28. The molecule has 112 valence electrons. The Morgan fingerprint density at radius 1 is 1.20 bits per heavy atom. The Morgan fingerprint density at radius 3 is 2.65 bits per heavy atom. The van der Waals surface area contributed by atoms with Crippen LogP contribution < -0.4 is 10.5 Å². The summed E-state index contributed by atoms with van der Waals surface area (Å²) in [5, 5.41) is 0. The van der Waals surface area contributed by atoms with Crippen LogP contribution in [0.1, 0.15) is 32.3 Å². The summed E-state index contributed by atoms with van der Waals surface area (Å²) in [5.74, 6) is 0.852. The molecule has 2 atom stereocenters. The van der Waals surface area contributed by atoms with Crippen LogP contribution in [0.4, 0.5) is 0 Å². The number of hydrogen-bond acceptors (Lipinski definition) is 4. The van der Waals surface area contributed by atoms with Gasteiger partial charge in [-0.05, 0) is 44.4 Å². The predicted octanol–water partition coefficient (Wildman–Crippen LogP) is 2.50. The molecule has 2 unspecified atom stereocenters. The Kier molecular flexibility index (Phi) is 5.83. The van der Waals surface area contributed by atoms with Crippen LogP contribution in [0.5, 0.6) is 5.75 Å². The Bertz CT molecular complexity index is 400. The molecule has 0 aromatic heterocycles. The summed E-state index contributed by atoms with van der Waals surface area (Å²) in [5.41, 5.74) is 6.68. The van der Waals surface area contributed by atoms with E-state index in [1.54, 1.807) is 0 Å². The number of ether oxygens (including phenoxy) is 3. The van der Waals surface area contributed by atoms with Gasteiger partial charge in [0, 0.05) is 6.54 Å². The van der Waals surface area contributed by atoms with Crippen molar-refractivity contribution in [3.63, 3.8) is 0 Å². The van der Waals surface area contributed by atoms with Gasteiger partial charge in [-0.1, -0.05) is 12.1 Å². The van der Waals surface area contributed by atoms with Crippen molar-refractivity contribution in [1.82, 2.24) is 0 Å². The van der Waals surface area contributed by atoms with Gasteiger partial charge < -0.3 is 19.9 Å². The maximum Gasteiger partial charge on any atom is 0.119 e. The van der Waals surface area contributed by atoms with E-state index in [-0.39, 0.29) is 18.3 Å². The Hall–Kier alpha value is -1.10. The molecule has 1 fully saturated rings. The van der Waals surface area contributed by atoms with Crippen LogP contribution >= 0.6 is 0 Å². The van der Waals surface area contributed by atoms with Crippen molar-refractivity contribution in [2.45, 2.75) is 51.5 Å². The zero-order chi connectivity index (χ0) is 14.4. The number of nitrogens with two attached hydrogens (primary N) is 1. The largest absolute Gasteiger partial charge is 0.491 e. The van der Waals surface area contributed by atoms with Crippen molar-refractivity contribution in [3.05, 3.63) is 29.8 Å². The second kappa shape index (κ2) is 7.62. The highest BCUT2D eigenvalue weighted by Gasteiger charge is 2.24. The van der Waals surface area contributed by atoms with Gasteiger partial charge in [-0.3, -0.25) is 0 Å². The smallest absolute Gasteiger partial charge is 0.119 e. The molecule has 2 N–H and O–H groups in total. The number of benzene rings is 1. The first-order chi connectivity index (χ1) is 9.67. The van der Waals surface area contributed by atoms with Gasteiger partial charge >= 0.3 is 0 Å². The lowest BCUT2D eigenvalue weighted by Gasteiger charge is -2.31. The molecule has 0 aliphatic carbocycles. The van der Waals surface area contributed by atoms with Gasteiger partial charge in [0.15, 0.2) is 0 Å². The SMILES string of the molecule is CC1CC(OCCOc2cccc(CN)c2)CC(C)O1. The van der Waals surface area contributed by atoms with Crippen LogP contribution in [0.15, 0.2) is 24.3 Å². The third-order valence-electron chi connectivity index (χ3n) is 3.49. The maximum absolute atomic E-state index is 5.87. The van der Waals surface area contributed by atoms with Gasteiger partial charge in [0.05, 0.1) is 24.9 Å². The summed E-state index contributed by atoms with van der Waals surface area (Å²) in [6.07, 6.45) is 2.78. The normalized spacial score (nSPS) is 26.4. The first-order valence-corrected chi connectivity index (χ1v) is 7.36. The molecule has 1 saturated heterocycles. The van der Waals surface area contributed by atoms with Crippen LogP contribution in [0.3, 0.4) is 0 Å². The lowest BCUT2D eigenvalue weighted by molar-refractivity contribution is -0.104. The van der Waals surface area contributed by atoms with Crippen LogP contribution in [0, 0.1) is 0 Å². The molecule has 4 nitrogen and oxygen atoms in total. The van der Waals surface area contributed by atoms with E-state index >= 15 is 0 Å². The highest BCUT2D eigenvalue weighted by atomic mass is 16.5. The van der Waals surface area contributed by atoms with Crippen LogP contribution in [-0.2, 0) is 16.0 Å². The standard InChI is InChI=1S/C16H25NO3/c1-12-8-16(9-13(2)20-12)19-7-6-18-15-5-3-4-14(10-15)11-17/h3-5,10,12-13,16H,6-9,11,17H2,1-2H3. The van der Waals surface area contributed by atoms with Crippen molar-refractivity contribution in [2.24, 2.45) is 5.73 Å². The summed E-state index contributed by atoms with van der Waals surface area (Å²) in [6, 6.07) is 7.87. The molecule has 0 radical (unpaired) electrons. The molecule has 0 amide bonds. The molecule has 1 aliphatic heterocycles. The van der Waals surface area contributed by atoms with E-state index < -0.39 is 0 Å². The zero-order valence-electron chi connectivity index (χ0n) is 12.4. The van der Waals surface area contributed by atoms with Crippen molar-refractivity contribution in [3.8, 4) is 5.75 Å². The van der Waals surface area contributed by atoms with E-state index in [0.29, 0.717) is 19.8 Å². The average Bonchev–Trinajstić information content (AvgIpc) is 2.43. The van der Waals surface area contributed by atoms with Gasteiger partial charge in [-0.15, -0.1) is 0 Å². The number of rotatable bonds is 6. The van der Waals surface area contributed by atoms with Crippen molar-refractivity contribution < 1.29 is 14.2 Å². The third-order valence-corrected chi connectivity index (χ3v) is 3.49. The molecule has 2 rings (SSSR count). The lowest BCUT2D eigenvalue weighted by Crippen LogP contribution is -2.34. The molecule has 20 heavy (non-hydrogen) atoms. The Balaban J connectivity index is 1.68. The summed E-state index contributed by atoms with van der Waals surface area (Å²) in [7, 11) is 0. The third kappa shape index (κ3) is 4.78. The lowest BCUT2D eigenvalue weighted by atomic mass is 10.0. The van der Waals surface area contributed by atoms with E-state index in [2.05, 4.69) is 13.8 Å². The molecule has 0 spiro atoms. The second-order valence-corrected chi connectivity index (χ2v) is 5.42.